The van der Waals surface area contributed by atoms with Crippen molar-refractivity contribution in [3.8, 4) is 0 Å². The standard InChI is InChI=1S/C14H15BrFN5/c1-10-9-20(11-2-3-13(16)18-6-11)4-5-21(10)14-8-17-12(15)7-19-14/h2-3,6-8,10H,4-5,9H2,1H3. The minimum atomic E-state index is -0.449. The predicted molar refractivity (Wildman–Crippen MR) is 82.9 cm³/mol. The number of hydrogen-bond acceptors (Lipinski definition) is 5. The minimum Gasteiger partial charge on any atom is -0.366 e. The molecule has 7 heteroatoms. The molecule has 0 spiro atoms. The number of anilines is 2. The maximum Gasteiger partial charge on any atom is 0.212 e. The Balaban J connectivity index is 1.72. The quantitative estimate of drug-likeness (QED) is 0.777. The zero-order chi connectivity index (χ0) is 14.8. The Morgan fingerprint density at radius 1 is 1.14 bits per heavy atom. The summed E-state index contributed by atoms with van der Waals surface area (Å²) in [7, 11) is 0. The molecule has 0 saturated carbocycles. The molecule has 1 aliphatic heterocycles. The van der Waals surface area contributed by atoms with Crippen molar-refractivity contribution in [1.82, 2.24) is 15.0 Å². The van der Waals surface area contributed by atoms with Gasteiger partial charge in [0, 0.05) is 25.7 Å². The molecule has 2 aromatic rings. The molecule has 1 atom stereocenters. The Kier molecular flexibility index (Phi) is 4.01. The van der Waals surface area contributed by atoms with Crippen LogP contribution >= 0.6 is 15.9 Å². The molecule has 5 nitrogen and oxygen atoms in total. The minimum absolute atomic E-state index is 0.291. The molecule has 3 rings (SSSR count). The third kappa shape index (κ3) is 3.12. The average Bonchev–Trinajstić information content (AvgIpc) is 2.49. The number of nitrogens with zero attached hydrogens (tertiary/aromatic N) is 5. The zero-order valence-corrected chi connectivity index (χ0v) is 13.2. The van der Waals surface area contributed by atoms with Crippen LogP contribution in [0.5, 0.6) is 0 Å². The van der Waals surface area contributed by atoms with Crippen LogP contribution in [0.3, 0.4) is 0 Å². The van der Waals surface area contributed by atoms with Gasteiger partial charge in [0.1, 0.15) is 10.4 Å². The fourth-order valence-electron chi connectivity index (χ4n) is 2.54. The van der Waals surface area contributed by atoms with Gasteiger partial charge in [0.2, 0.25) is 5.95 Å². The predicted octanol–water partition coefficient (Wildman–Crippen LogP) is 2.49. The van der Waals surface area contributed by atoms with Crippen LogP contribution in [0.25, 0.3) is 0 Å². The van der Waals surface area contributed by atoms with E-state index in [1.165, 1.54) is 6.07 Å². The summed E-state index contributed by atoms with van der Waals surface area (Å²) < 4.78 is 13.6. The first-order valence-corrected chi connectivity index (χ1v) is 7.53. The van der Waals surface area contributed by atoms with Gasteiger partial charge in [-0.25, -0.2) is 15.0 Å². The highest BCUT2D eigenvalue weighted by Crippen LogP contribution is 2.22. The zero-order valence-electron chi connectivity index (χ0n) is 11.6. The van der Waals surface area contributed by atoms with Crippen LogP contribution in [0.4, 0.5) is 15.9 Å². The molecule has 1 unspecified atom stereocenters. The maximum absolute atomic E-state index is 12.9. The van der Waals surface area contributed by atoms with Crippen molar-refractivity contribution < 1.29 is 4.39 Å². The SMILES string of the molecule is CC1CN(c2ccc(F)nc2)CCN1c1cnc(Br)cn1. The lowest BCUT2D eigenvalue weighted by molar-refractivity contribution is 0.542. The molecule has 21 heavy (non-hydrogen) atoms. The van der Waals surface area contributed by atoms with Gasteiger partial charge >= 0.3 is 0 Å². The van der Waals surface area contributed by atoms with Gasteiger partial charge in [0.05, 0.1) is 24.3 Å². The van der Waals surface area contributed by atoms with Gasteiger partial charge in [0.25, 0.3) is 0 Å². The van der Waals surface area contributed by atoms with E-state index in [2.05, 4.69) is 47.6 Å². The summed E-state index contributed by atoms with van der Waals surface area (Å²) in [6, 6.07) is 3.45. The number of piperazine rings is 1. The van der Waals surface area contributed by atoms with Crippen LogP contribution in [0.2, 0.25) is 0 Å². The van der Waals surface area contributed by atoms with Crippen LogP contribution in [0, 0.1) is 5.95 Å². The van der Waals surface area contributed by atoms with Gasteiger partial charge < -0.3 is 9.80 Å². The number of pyridine rings is 1. The average molecular weight is 352 g/mol. The van der Waals surface area contributed by atoms with E-state index in [-0.39, 0.29) is 0 Å². The maximum atomic E-state index is 12.9. The van der Waals surface area contributed by atoms with E-state index in [1.807, 2.05) is 0 Å². The fraction of sp³-hybridized carbons (Fsp3) is 0.357. The second-order valence-corrected chi connectivity index (χ2v) is 5.84. The first-order chi connectivity index (χ1) is 10.1. The summed E-state index contributed by atoms with van der Waals surface area (Å²) in [6.45, 7) is 4.67. The van der Waals surface area contributed by atoms with Gasteiger partial charge in [-0.3, -0.25) is 0 Å². The van der Waals surface area contributed by atoms with Crippen LogP contribution in [0.15, 0.2) is 35.3 Å². The molecular formula is C14H15BrFN5. The molecule has 2 aromatic heterocycles. The van der Waals surface area contributed by atoms with E-state index < -0.39 is 5.95 Å². The number of halogens is 2. The molecule has 0 radical (unpaired) electrons. The van der Waals surface area contributed by atoms with E-state index in [0.717, 1.165) is 35.7 Å². The van der Waals surface area contributed by atoms with Crippen LogP contribution < -0.4 is 9.80 Å². The van der Waals surface area contributed by atoms with Crippen molar-refractivity contribution in [1.29, 1.82) is 0 Å². The molecular weight excluding hydrogens is 337 g/mol. The molecule has 1 saturated heterocycles. The summed E-state index contributed by atoms with van der Waals surface area (Å²) in [5.74, 6) is 0.429. The van der Waals surface area contributed by atoms with Crippen molar-refractivity contribution in [2.24, 2.45) is 0 Å². The van der Waals surface area contributed by atoms with Crippen LogP contribution in [0.1, 0.15) is 6.92 Å². The van der Waals surface area contributed by atoms with Crippen molar-refractivity contribution >= 4 is 27.4 Å². The Hall–Kier alpha value is -1.76. The number of rotatable bonds is 2. The first kappa shape index (κ1) is 14.2. The molecule has 3 heterocycles. The van der Waals surface area contributed by atoms with Gasteiger partial charge in [0.15, 0.2) is 0 Å². The third-order valence-corrected chi connectivity index (χ3v) is 4.01. The second-order valence-electron chi connectivity index (χ2n) is 5.02. The smallest absolute Gasteiger partial charge is 0.212 e. The summed E-state index contributed by atoms with van der Waals surface area (Å²) >= 11 is 3.29. The molecule has 0 aromatic carbocycles. The highest BCUT2D eigenvalue weighted by molar-refractivity contribution is 9.10. The number of aromatic nitrogens is 3. The van der Waals surface area contributed by atoms with E-state index in [0.29, 0.717) is 6.04 Å². The van der Waals surface area contributed by atoms with Crippen molar-refractivity contribution in [2.75, 3.05) is 29.4 Å². The molecule has 0 N–H and O–H groups in total. The summed E-state index contributed by atoms with van der Waals surface area (Å²) in [4.78, 5) is 16.8. The summed E-state index contributed by atoms with van der Waals surface area (Å²) in [5.41, 5.74) is 0.949. The molecule has 1 aliphatic rings. The van der Waals surface area contributed by atoms with Crippen molar-refractivity contribution in [3.05, 3.63) is 41.3 Å². The van der Waals surface area contributed by atoms with E-state index >= 15 is 0 Å². The topological polar surface area (TPSA) is 45.2 Å². The van der Waals surface area contributed by atoms with Gasteiger partial charge in [-0.1, -0.05) is 0 Å². The number of hydrogen-bond donors (Lipinski definition) is 0. The normalized spacial score (nSPS) is 18.9. The molecule has 0 bridgehead atoms. The lowest BCUT2D eigenvalue weighted by atomic mass is 10.2. The lowest BCUT2D eigenvalue weighted by Crippen LogP contribution is -2.52. The third-order valence-electron chi connectivity index (χ3n) is 3.61. The summed E-state index contributed by atoms with van der Waals surface area (Å²) in [5, 5.41) is 0. The van der Waals surface area contributed by atoms with Crippen molar-refractivity contribution in [2.45, 2.75) is 13.0 Å². The van der Waals surface area contributed by atoms with Gasteiger partial charge in [-0.05, 0) is 35.0 Å². The van der Waals surface area contributed by atoms with E-state index in [9.17, 15) is 4.39 Å². The molecule has 0 amide bonds. The van der Waals surface area contributed by atoms with E-state index in [1.54, 1.807) is 24.7 Å². The Morgan fingerprint density at radius 3 is 2.62 bits per heavy atom. The van der Waals surface area contributed by atoms with Crippen LogP contribution in [-0.2, 0) is 0 Å². The Labute approximate surface area is 131 Å². The van der Waals surface area contributed by atoms with Gasteiger partial charge in [-0.15, -0.1) is 0 Å². The fourth-order valence-corrected chi connectivity index (χ4v) is 2.75. The second kappa shape index (κ2) is 5.93. The van der Waals surface area contributed by atoms with Gasteiger partial charge in [-0.2, -0.15) is 4.39 Å². The lowest BCUT2D eigenvalue weighted by Gasteiger charge is -2.41. The Morgan fingerprint density at radius 2 is 2.00 bits per heavy atom. The highest BCUT2D eigenvalue weighted by atomic mass is 79.9. The summed E-state index contributed by atoms with van der Waals surface area (Å²) in [6.07, 6.45) is 5.06. The first-order valence-electron chi connectivity index (χ1n) is 6.74. The Bertz CT molecular complexity index is 604. The van der Waals surface area contributed by atoms with Crippen LogP contribution in [-0.4, -0.2) is 40.6 Å². The highest BCUT2D eigenvalue weighted by Gasteiger charge is 2.25. The molecule has 1 fully saturated rings. The molecule has 110 valence electrons. The largest absolute Gasteiger partial charge is 0.366 e. The molecule has 0 aliphatic carbocycles. The van der Waals surface area contributed by atoms with Crippen molar-refractivity contribution in [3.63, 3.8) is 0 Å². The monoisotopic (exact) mass is 351 g/mol. The van der Waals surface area contributed by atoms with E-state index in [4.69, 9.17) is 0 Å².